The summed E-state index contributed by atoms with van der Waals surface area (Å²) in [5.41, 5.74) is 5.50. The van der Waals surface area contributed by atoms with Crippen LogP contribution in [0.5, 0.6) is 0 Å². The molecule has 2 heterocycles. The lowest BCUT2D eigenvalue weighted by atomic mass is 10.2. The van der Waals surface area contributed by atoms with Crippen LogP contribution in [-0.2, 0) is 0 Å². The summed E-state index contributed by atoms with van der Waals surface area (Å²) >= 11 is 6.00. The van der Waals surface area contributed by atoms with Crippen molar-refractivity contribution in [2.45, 2.75) is 0 Å². The minimum absolute atomic E-state index is 0.719. The van der Waals surface area contributed by atoms with E-state index >= 15 is 0 Å². The van der Waals surface area contributed by atoms with E-state index in [9.17, 15) is 0 Å². The third-order valence-corrected chi connectivity index (χ3v) is 3.72. The Labute approximate surface area is 117 Å². The zero-order chi connectivity index (χ0) is 13.2. The highest BCUT2D eigenvalue weighted by molar-refractivity contribution is 6.31. The molecule has 1 aliphatic heterocycles. The summed E-state index contributed by atoms with van der Waals surface area (Å²) in [7, 11) is 2.15. The Morgan fingerprint density at radius 1 is 1.16 bits per heavy atom. The minimum Gasteiger partial charge on any atom is -0.318 e. The number of aromatic nitrogens is 1. The minimum atomic E-state index is 0.719. The molecule has 0 unspecified atom stereocenters. The van der Waals surface area contributed by atoms with Crippen LogP contribution in [0.25, 0.3) is 10.9 Å². The van der Waals surface area contributed by atoms with E-state index in [0.29, 0.717) is 0 Å². The van der Waals surface area contributed by atoms with Gasteiger partial charge < -0.3 is 10.3 Å². The number of nitrogens with one attached hydrogen (secondary N) is 1. The van der Waals surface area contributed by atoms with Crippen molar-refractivity contribution in [1.29, 1.82) is 0 Å². The second-order valence-electron chi connectivity index (χ2n) is 4.92. The fraction of sp³-hybridized carbons (Fsp3) is 0.357. The van der Waals surface area contributed by atoms with Crippen molar-refractivity contribution in [2.75, 3.05) is 38.7 Å². The van der Waals surface area contributed by atoms with Crippen LogP contribution in [0.1, 0.15) is 0 Å². The van der Waals surface area contributed by atoms with E-state index in [2.05, 4.69) is 27.4 Å². The Bertz CT molecular complexity index is 579. The first-order valence-electron chi connectivity index (χ1n) is 6.47. The van der Waals surface area contributed by atoms with Gasteiger partial charge in [0.25, 0.3) is 0 Å². The Morgan fingerprint density at radius 3 is 2.74 bits per heavy atom. The molecule has 1 aliphatic rings. The van der Waals surface area contributed by atoms with Gasteiger partial charge >= 0.3 is 0 Å². The molecule has 5 heteroatoms. The number of hydrogen-bond donors (Lipinski definition) is 1. The number of rotatable bonds is 2. The van der Waals surface area contributed by atoms with Gasteiger partial charge in [-0.2, -0.15) is 0 Å². The van der Waals surface area contributed by atoms with Crippen molar-refractivity contribution >= 4 is 28.2 Å². The number of hydrogen-bond acceptors (Lipinski definition) is 4. The quantitative estimate of drug-likeness (QED) is 0.913. The fourth-order valence-electron chi connectivity index (χ4n) is 2.31. The summed E-state index contributed by atoms with van der Waals surface area (Å²) in [6, 6.07) is 7.82. The van der Waals surface area contributed by atoms with Gasteiger partial charge in [0.1, 0.15) is 0 Å². The maximum atomic E-state index is 6.00. The third kappa shape index (κ3) is 2.81. The maximum Gasteiger partial charge on any atom is 0.0738 e. The maximum absolute atomic E-state index is 6.00. The molecule has 1 saturated heterocycles. The molecule has 1 aromatic carbocycles. The molecule has 2 aromatic rings. The first-order chi connectivity index (χ1) is 9.22. The first kappa shape index (κ1) is 12.7. The zero-order valence-electron chi connectivity index (χ0n) is 10.9. The number of anilines is 1. The summed E-state index contributed by atoms with van der Waals surface area (Å²) in [6.07, 6.45) is 1.82. The number of fused-ring (bicyclic) bond motifs is 1. The molecule has 19 heavy (non-hydrogen) atoms. The molecular formula is C14H17ClN4. The number of benzene rings is 1. The van der Waals surface area contributed by atoms with Crippen molar-refractivity contribution in [3.63, 3.8) is 0 Å². The highest BCUT2D eigenvalue weighted by Gasteiger charge is 2.14. The normalized spacial score (nSPS) is 17.8. The molecule has 1 aromatic heterocycles. The van der Waals surface area contributed by atoms with E-state index in [4.69, 9.17) is 11.6 Å². The largest absolute Gasteiger partial charge is 0.318 e. The van der Waals surface area contributed by atoms with Gasteiger partial charge in [0.2, 0.25) is 0 Å². The number of hydrazine groups is 1. The summed E-state index contributed by atoms with van der Waals surface area (Å²) < 4.78 is 0. The summed E-state index contributed by atoms with van der Waals surface area (Å²) in [6.45, 7) is 4.21. The Hall–Kier alpha value is -1.36. The highest BCUT2D eigenvalue weighted by atomic mass is 35.5. The van der Waals surface area contributed by atoms with E-state index in [1.165, 1.54) is 0 Å². The molecule has 4 nitrogen and oxygen atoms in total. The van der Waals surface area contributed by atoms with Crippen molar-refractivity contribution < 1.29 is 0 Å². The van der Waals surface area contributed by atoms with Crippen molar-refractivity contribution in [3.8, 4) is 0 Å². The van der Waals surface area contributed by atoms with Crippen LogP contribution in [0.15, 0.2) is 30.5 Å². The van der Waals surface area contributed by atoms with Gasteiger partial charge in [0.05, 0.1) is 11.2 Å². The average molecular weight is 277 g/mol. The Balaban J connectivity index is 1.84. The molecule has 100 valence electrons. The first-order valence-corrected chi connectivity index (χ1v) is 6.84. The SMILES string of the molecule is CN1CCN(Nc2ccnc3cc(Cl)ccc23)CC1. The van der Waals surface area contributed by atoms with Crippen LogP contribution >= 0.6 is 11.6 Å². The summed E-state index contributed by atoms with van der Waals surface area (Å²) in [5.74, 6) is 0. The van der Waals surface area contributed by atoms with Crippen LogP contribution in [0.4, 0.5) is 5.69 Å². The molecule has 0 spiro atoms. The van der Waals surface area contributed by atoms with E-state index in [1.54, 1.807) is 0 Å². The fourth-order valence-corrected chi connectivity index (χ4v) is 2.47. The van der Waals surface area contributed by atoms with Crippen molar-refractivity contribution in [3.05, 3.63) is 35.5 Å². The van der Waals surface area contributed by atoms with E-state index < -0.39 is 0 Å². The smallest absolute Gasteiger partial charge is 0.0738 e. The molecule has 0 amide bonds. The van der Waals surface area contributed by atoms with E-state index in [0.717, 1.165) is 47.8 Å². The van der Waals surface area contributed by atoms with Gasteiger partial charge in [0.15, 0.2) is 0 Å². The molecule has 3 rings (SSSR count). The average Bonchev–Trinajstić information content (AvgIpc) is 2.41. The van der Waals surface area contributed by atoms with Gasteiger partial charge in [0, 0.05) is 42.8 Å². The van der Waals surface area contributed by atoms with Crippen molar-refractivity contribution in [2.24, 2.45) is 0 Å². The number of halogens is 1. The van der Waals surface area contributed by atoms with Crippen LogP contribution in [-0.4, -0.2) is 48.1 Å². The molecule has 1 fully saturated rings. The number of pyridine rings is 1. The lowest BCUT2D eigenvalue weighted by Crippen LogP contribution is -2.46. The molecular weight excluding hydrogens is 260 g/mol. The molecule has 0 aliphatic carbocycles. The summed E-state index contributed by atoms with van der Waals surface area (Å²) in [4.78, 5) is 6.69. The van der Waals surface area contributed by atoms with E-state index in [-0.39, 0.29) is 0 Å². The summed E-state index contributed by atoms with van der Waals surface area (Å²) in [5, 5.41) is 4.08. The van der Waals surface area contributed by atoms with Gasteiger partial charge in [-0.1, -0.05) is 11.6 Å². The lowest BCUT2D eigenvalue weighted by molar-refractivity contribution is 0.179. The van der Waals surface area contributed by atoms with Crippen LogP contribution < -0.4 is 5.43 Å². The van der Waals surface area contributed by atoms with Crippen LogP contribution in [0.3, 0.4) is 0 Å². The zero-order valence-corrected chi connectivity index (χ0v) is 11.7. The number of nitrogens with zero attached hydrogens (tertiary/aromatic N) is 3. The topological polar surface area (TPSA) is 31.4 Å². The molecule has 0 saturated carbocycles. The molecule has 0 bridgehead atoms. The Morgan fingerprint density at radius 2 is 1.95 bits per heavy atom. The van der Waals surface area contributed by atoms with Crippen molar-refractivity contribution in [1.82, 2.24) is 14.9 Å². The van der Waals surface area contributed by atoms with Gasteiger partial charge in [-0.3, -0.25) is 4.98 Å². The van der Waals surface area contributed by atoms with Gasteiger partial charge in [-0.05, 0) is 31.3 Å². The van der Waals surface area contributed by atoms with Crippen LogP contribution in [0, 0.1) is 0 Å². The molecule has 0 radical (unpaired) electrons. The number of piperazine rings is 1. The highest BCUT2D eigenvalue weighted by Crippen LogP contribution is 2.24. The standard InChI is InChI=1S/C14H17ClN4/c1-18-6-8-19(9-7-18)17-13-4-5-16-14-10-11(15)2-3-12(13)14/h2-5,10H,6-9H2,1H3,(H,16,17). The Kier molecular flexibility index (Phi) is 3.55. The lowest BCUT2D eigenvalue weighted by Gasteiger charge is -2.33. The second kappa shape index (κ2) is 5.33. The van der Waals surface area contributed by atoms with E-state index in [1.807, 2.05) is 30.5 Å². The predicted octanol–water partition coefficient (Wildman–Crippen LogP) is 2.46. The predicted molar refractivity (Wildman–Crippen MR) is 79.4 cm³/mol. The monoisotopic (exact) mass is 276 g/mol. The second-order valence-corrected chi connectivity index (χ2v) is 5.36. The molecule has 1 N–H and O–H groups in total. The van der Waals surface area contributed by atoms with Gasteiger partial charge in [-0.15, -0.1) is 0 Å². The molecule has 0 atom stereocenters. The third-order valence-electron chi connectivity index (χ3n) is 3.49. The number of likely N-dealkylation sites (N-methyl/N-ethyl adjacent to an activating group) is 1. The van der Waals surface area contributed by atoms with Gasteiger partial charge in [-0.25, -0.2) is 5.01 Å². The van der Waals surface area contributed by atoms with Crippen LogP contribution in [0.2, 0.25) is 5.02 Å².